The number of ether oxygens (including phenoxy) is 4. The molecule has 0 heterocycles. The van der Waals surface area contributed by atoms with E-state index in [0.717, 1.165) is 77.0 Å². The van der Waals surface area contributed by atoms with Crippen molar-refractivity contribution in [2.75, 3.05) is 47.5 Å². The molecule has 1 N–H and O–H groups in total. The second kappa shape index (κ2) is 55.0. The maximum Gasteiger partial charge on any atom is 0.361 e. The van der Waals surface area contributed by atoms with E-state index in [1.807, 2.05) is 21.1 Å². The van der Waals surface area contributed by atoms with E-state index in [2.05, 4.69) is 86.8 Å². The highest BCUT2D eigenvalue weighted by Crippen LogP contribution is 2.16. The van der Waals surface area contributed by atoms with Crippen LogP contribution in [0.2, 0.25) is 0 Å². The van der Waals surface area contributed by atoms with E-state index < -0.39 is 24.3 Å². The Hall–Kier alpha value is -3.27. The van der Waals surface area contributed by atoms with E-state index in [1.54, 1.807) is 0 Å². The molecular weight excluding hydrogens is 911 g/mol. The first-order valence-electron chi connectivity index (χ1n) is 30.1. The minimum Gasteiger partial charge on any atom is -0.477 e. The second-order valence-corrected chi connectivity index (χ2v) is 21.3. The summed E-state index contributed by atoms with van der Waals surface area (Å²) in [6, 6.07) is 0. The topological polar surface area (TPSA) is 108 Å². The van der Waals surface area contributed by atoms with Crippen molar-refractivity contribution in [3.63, 3.8) is 0 Å². The summed E-state index contributed by atoms with van der Waals surface area (Å²) in [6.07, 6.45) is 68.3. The zero-order chi connectivity index (χ0) is 53.4. The lowest BCUT2D eigenvalue weighted by Gasteiger charge is -2.25. The lowest BCUT2D eigenvalue weighted by molar-refractivity contribution is -0.870. The largest absolute Gasteiger partial charge is 0.477 e. The quantitative estimate of drug-likeness (QED) is 0.0211. The van der Waals surface area contributed by atoms with E-state index in [9.17, 15) is 19.5 Å². The Labute approximate surface area is 449 Å². The Balaban J connectivity index is 4.24. The maximum absolute atomic E-state index is 12.9. The van der Waals surface area contributed by atoms with E-state index in [0.29, 0.717) is 23.9 Å². The van der Waals surface area contributed by atoms with Crippen LogP contribution in [0.5, 0.6) is 0 Å². The van der Waals surface area contributed by atoms with Gasteiger partial charge in [0.1, 0.15) is 13.2 Å². The number of carboxylic acid groups (broad SMARTS) is 1. The van der Waals surface area contributed by atoms with Gasteiger partial charge in [0, 0.05) is 12.8 Å². The van der Waals surface area contributed by atoms with Gasteiger partial charge in [0.15, 0.2) is 6.10 Å². The molecule has 0 amide bonds. The van der Waals surface area contributed by atoms with Gasteiger partial charge in [0.2, 0.25) is 0 Å². The second-order valence-electron chi connectivity index (χ2n) is 21.3. The van der Waals surface area contributed by atoms with E-state index in [-0.39, 0.29) is 32.2 Å². The van der Waals surface area contributed by atoms with Gasteiger partial charge in [-0.2, -0.15) is 0 Å². The van der Waals surface area contributed by atoms with Gasteiger partial charge in [-0.15, -0.1) is 0 Å². The number of quaternary nitrogens is 1. The molecule has 9 heteroatoms. The number of hydrogen-bond acceptors (Lipinski definition) is 7. The molecule has 2 unspecified atom stereocenters. The average Bonchev–Trinajstić information content (AvgIpc) is 3.36. The zero-order valence-corrected chi connectivity index (χ0v) is 48.0. The Kier molecular flexibility index (Phi) is 52.5. The van der Waals surface area contributed by atoms with Gasteiger partial charge >= 0.3 is 17.9 Å². The smallest absolute Gasteiger partial charge is 0.361 e. The fraction of sp³-hybridized carbons (Fsp3) is 0.766. The summed E-state index contributed by atoms with van der Waals surface area (Å²) in [5.74, 6) is -2.01. The summed E-state index contributed by atoms with van der Waals surface area (Å²) in [6.45, 7) is 4.78. The van der Waals surface area contributed by atoms with Crippen LogP contribution in [0.4, 0.5) is 0 Å². The molecule has 0 rings (SSSR count). The summed E-state index contributed by atoms with van der Waals surface area (Å²) >= 11 is 0. The van der Waals surface area contributed by atoms with Crippen molar-refractivity contribution in [2.45, 2.75) is 270 Å². The van der Waals surface area contributed by atoms with Crippen molar-refractivity contribution in [1.82, 2.24) is 0 Å². The Bertz CT molecular complexity index is 1420. The van der Waals surface area contributed by atoms with Crippen molar-refractivity contribution in [3.8, 4) is 0 Å². The van der Waals surface area contributed by atoms with Gasteiger partial charge in [-0.1, -0.05) is 234 Å². The highest BCUT2D eigenvalue weighted by atomic mass is 16.7. The number of carbonyl (C=O) groups excluding carboxylic acids is 2. The van der Waals surface area contributed by atoms with Crippen LogP contribution in [0.3, 0.4) is 0 Å². The molecule has 0 radical (unpaired) electrons. The highest BCUT2D eigenvalue weighted by molar-refractivity contribution is 5.71. The summed E-state index contributed by atoms with van der Waals surface area (Å²) in [5.41, 5.74) is 0. The van der Waals surface area contributed by atoms with Gasteiger partial charge in [0.25, 0.3) is 6.29 Å². The molecule has 2 atom stereocenters. The molecule has 422 valence electrons. The Morgan fingerprint density at radius 1 is 0.425 bits per heavy atom. The summed E-state index contributed by atoms with van der Waals surface area (Å²) in [7, 11) is 5.97. The number of rotatable bonds is 55. The first-order valence-corrected chi connectivity index (χ1v) is 30.1. The number of unbranched alkanes of at least 4 members (excludes halogenated alkanes) is 28. The number of nitrogens with zero attached hydrogens (tertiary/aromatic N) is 1. The molecule has 9 nitrogen and oxygen atoms in total. The third kappa shape index (κ3) is 56.3. The first kappa shape index (κ1) is 69.7. The molecule has 0 aromatic rings. The number of likely N-dealkylation sites (N-methyl/N-ethyl adjacent to an activating group) is 1. The van der Waals surface area contributed by atoms with Gasteiger partial charge in [-0.05, 0) is 83.5 Å². The number of carbonyl (C=O) groups is 3. The first-order chi connectivity index (χ1) is 35.6. The molecule has 0 aliphatic rings. The van der Waals surface area contributed by atoms with E-state index in [4.69, 9.17) is 18.9 Å². The van der Waals surface area contributed by atoms with Crippen LogP contribution in [0, 0.1) is 0 Å². The predicted octanol–water partition coefficient (Wildman–Crippen LogP) is 17.8. The SMILES string of the molecule is CC/C=C\C/C=C\C/C=C\C/C=C\C/C=C\CCCCCCCCCCCC(=O)OC(COC(=O)CCCCCCCCCCCCC/C=C\CCCCCCCCCC)COC(OCC[N+](C)(C)C)C(=O)O. The van der Waals surface area contributed by atoms with Crippen molar-refractivity contribution >= 4 is 17.9 Å². The zero-order valence-electron chi connectivity index (χ0n) is 48.0. The summed E-state index contributed by atoms with van der Waals surface area (Å²) in [4.78, 5) is 37.5. The lowest BCUT2D eigenvalue weighted by atomic mass is 10.0. The third-order valence-corrected chi connectivity index (χ3v) is 12.9. The van der Waals surface area contributed by atoms with Gasteiger partial charge in [-0.25, -0.2) is 4.79 Å². The van der Waals surface area contributed by atoms with Crippen LogP contribution < -0.4 is 0 Å². The molecule has 0 aromatic carbocycles. The van der Waals surface area contributed by atoms with Crippen LogP contribution in [0.1, 0.15) is 258 Å². The fourth-order valence-electron chi connectivity index (χ4n) is 8.33. The van der Waals surface area contributed by atoms with Crippen LogP contribution in [-0.2, 0) is 33.3 Å². The van der Waals surface area contributed by atoms with Gasteiger partial charge < -0.3 is 28.5 Å². The van der Waals surface area contributed by atoms with E-state index in [1.165, 1.54) is 148 Å². The Morgan fingerprint density at radius 2 is 0.781 bits per heavy atom. The van der Waals surface area contributed by atoms with Crippen molar-refractivity contribution < 1.29 is 42.9 Å². The average molecular weight is 1030 g/mol. The number of hydrogen-bond donors (Lipinski definition) is 1. The number of aliphatic carboxylic acids is 1. The molecule has 73 heavy (non-hydrogen) atoms. The molecule has 0 aliphatic carbocycles. The fourth-order valence-corrected chi connectivity index (χ4v) is 8.33. The number of carboxylic acids is 1. The molecule has 0 aliphatic heterocycles. The summed E-state index contributed by atoms with van der Waals surface area (Å²) in [5, 5.41) is 9.71. The van der Waals surface area contributed by atoms with Crippen molar-refractivity contribution in [1.29, 1.82) is 0 Å². The minimum absolute atomic E-state index is 0.184. The highest BCUT2D eigenvalue weighted by Gasteiger charge is 2.25. The van der Waals surface area contributed by atoms with E-state index >= 15 is 0 Å². The molecule has 0 saturated carbocycles. The Morgan fingerprint density at radius 3 is 1.18 bits per heavy atom. The van der Waals surface area contributed by atoms with Crippen molar-refractivity contribution in [3.05, 3.63) is 72.9 Å². The van der Waals surface area contributed by atoms with Gasteiger partial charge in [0.05, 0.1) is 34.4 Å². The predicted molar refractivity (Wildman–Crippen MR) is 309 cm³/mol. The third-order valence-electron chi connectivity index (χ3n) is 12.9. The van der Waals surface area contributed by atoms with Crippen LogP contribution >= 0.6 is 0 Å². The standard InChI is InChI=1S/C64H113NO8/c1-6-8-10-12-14-16-18-20-22-24-26-28-30-31-33-35-37-39-41-43-45-47-49-51-53-55-62(67)73-60(59-72-64(63(68)69)70-57-56-65(3,4)5)58-71-61(66)54-52-50-48-46-44-42-40-38-36-34-32-29-27-25-23-21-19-17-15-13-11-9-7-2/h8,10,14,16,20,22,25-28,31,33,60,64H,6-7,9,11-13,15,17-19,21,23-24,29-30,32,34-59H2,1-5H3/p+1/b10-8-,16-14-,22-20-,27-25-,28-26-,33-31-. The number of allylic oxidation sites excluding steroid dienone is 12. The molecule has 0 spiro atoms. The summed E-state index contributed by atoms with van der Waals surface area (Å²) < 4.78 is 22.9. The lowest BCUT2D eigenvalue weighted by Crippen LogP contribution is -2.40. The molecule has 0 aromatic heterocycles. The van der Waals surface area contributed by atoms with Gasteiger partial charge in [-0.3, -0.25) is 9.59 Å². The van der Waals surface area contributed by atoms with Crippen LogP contribution in [-0.4, -0.2) is 87.4 Å². The molecular formula is C64H114NO8+. The minimum atomic E-state index is -1.51. The number of esters is 2. The molecule has 0 saturated heterocycles. The monoisotopic (exact) mass is 1020 g/mol. The maximum atomic E-state index is 12.9. The van der Waals surface area contributed by atoms with Crippen molar-refractivity contribution in [2.24, 2.45) is 0 Å². The van der Waals surface area contributed by atoms with Crippen LogP contribution in [0.25, 0.3) is 0 Å². The van der Waals surface area contributed by atoms with Crippen LogP contribution in [0.15, 0.2) is 72.9 Å². The molecule has 0 fully saturated rings. The molecule has 0 bridgehead atoms. The normalized spacial score (nSPS) is 13.3.